The number of fused-ring (bicyclic) bond motifs is 1. The van der Waals surface area contributed by atoms with Crippen molar-refractivity contribution in [3.8, 4) is 0 Å². The zero-order valence-electron chi connectivity index (χ0n) is 12.7. The number of hydrogen-bond acceptors (Lipinski definition) is 3. The van der Waals surface area contributed by atoms with E-state index in [0.29, 0.717) is 17.5 Å². The molecular formula is C18H15NO5. The summed E-state index contributed by atoms with van der Waals surface area (Å²) in [5.74, 6) is -2.57. The van der Waals surface area contributed by atoms with E-state index in [1.54, 1.807) is 24.3 Å². The molecule has 0 spiro atoms. The van der Waals surface area contributed by atoms with Crippen LogP contribution in [0, 0.1) is 0 Å². The monoisotopic (exact) mass is 325 g/mol. The molecule has 2 aromatic carbocycles. The van der Waals surface area contributed by atoms with Gasteiger partial charge in [-0.15, -0.1) is 0 Å². The second kappa shape index (κ2) is 6.55. The van der Waals surface area contributed by atoms with Gasteiger partial charge in [0.15, 0.2) is 0 Å². The third kappa shape index (κ3) is 2.87. The Morgan fingerprint density at radius 1 is 0.917 bits per heavy atom. The highest BCUT2D eigenvalue weighted by molar-refractivity contribution is 6.12. The van der Waals surface area contributed by atoms with Gasteiger partial charge in [0.1, 0.15) is 12.4 Å². The molecule has 2 N–H and O–H groups in total. The number of ether oxygens (including phenoxy) is 1. The van der Waals surface area contributed by atoms with Crippen molar-refractivity contribution in [2.24, 2.45) is 0 Å². The fourth-order valence-corrected chi connectivity index (χ4v) is 2.71. The SMILES string of the molecule is O=C(O)c1c(C(=O)O)n(COCc2ccccc2)c2ccccc12. The van der Waals surface area contributed by atoms with Crippen LogP contribution in [0.1, 0.15) is 26.4 Å². The first kappa shape index (κ1) is 15.8. The van der Waals surface area contributed by atoms with Gasteiger partial charge in [-0.3, -0.25) is 0 Å². The zero-order chi connectivity index (χ0) is 17.1. The Balaban J connectivity index is 1.98. The quantitative estimate of drug-likeness (QED) is 0.726. The lowest BCUT2D eigenvalue weighted by molar-refractivity contribution is 0.0540. The molecule has 122 valence electrons. The molecule has 0 atom stereocenters. The summed E-state index contributed by atoms with van der Waals surface area (Å²) in [7, 11) is 0. The lowest BCUT2D eigenvalue weighted by Gasteiger charge is -2.10. The molecule has 0 aliphatic heterocycles. The van der Waals surface area contributed by atoms with Gasteiger partial charge in [0, 0.05) is 5.39 Å². The van der Waals surface area contributed by atoms with Crippen LogP contribution in [-0.2, 0) is 18.1 Å². The van der Waals surface area contributed by atoms with Crippen LogP contribution in [0.15, 0.2) is 54.6 Å². The minimum atomic E-state index is -1.30. The zero-order valence-corrected chi connectivity index (χ0v) is 12.7. The fourth-order valence-electron chi connectivity index (χ4n) is 2.71. The van der Waals surface area contributed by atoms with Crippen molar-refractivity contribution in [3.05, 3.63) is 71.4 Å². The van der Waals surface area contributed by atoms with E-state index in [-0.39, 0.29) is 18.0 Å². The summed E-state index contributed by atoms with van der Waals surface area (Å²) >= 11 is 0. The average molecular weight is 325 g/mol. The molecular weight excluding hydrogens is 310 g/mol. The van der Waals surface area contributed by atoms with E-state index < -0.39 is 11.9 Å². The van der Waals surface area contributed by atoms with Gasteiger partial charge in [0.2, 0.25) is 0 Å². The summed E-state index contributed by atoms with van der Waals surface area (Å²) in [4.78, 5) is 23.1. The van der Waals surface area contributed by atoms with E-state index in [4.69, 9.17) is 4.74 Å². The van der Waals surface area contributed by atoms with Crippen LogP contribution in [0.25, 0.3) is 10.9 Å². The van der Waals surface area contributed by atoms with Crippen molar-refractivity contribution in [2.75, 3.05) is 0 Å². The topological polar surface area (TPSA) is 88.8 Å². The highest BCUT2D eigenvalue weighted by Crippen LogP contribution is 2.26. The van der Waals surface area contributed by atoms with Gasteiger partial charge in [0.05, 0.1) is 17.7 Å². The van der Waals surface area contributed by atoms with E-state index in [2.05, 4.69) is 0 Å². The highest BCUT2D eigenvalue weighted by atomic mass is 16.5. The second-order valence-electron chi connectivity index (χ2n) is 5.24. The van der Waals surface area contributed by atoms with Crippen molar-refractivity contribution in [3.63, 3.8) is 0 Å². The molecule has 1 aromatic heterocycles. The van der Waals surface area contributed by atoms with E-state index in [0.717, 1.165) is 5.56 Å². The van der Waals surface area contributed by atoms with Gasteiger partial charge >= 0.3 is 11.9 Å². The van der Waals surface area contributed by atoms with Gasteiger partial charge in [-0.25, -0.2) is 9.59 Å². The number of carboxylic acid groups (broad SMARTS) is 2. The molecule has 0 unspecified atom stereocenters. The molecule has 24 heavy (non-hydrogen) atoms. The van der Waals surface area contributed by atoms with Crippen LogP contribution in [0.5, 0.6) is 0 Å². The minimum absolute atomic E-state index is 0.0513. The lowest BCUT2D eigenvalue weighted by atomic mass is 10.1. The Kier molecular flexibility index (Phi) is 4.31. The first-order valence-electron chi connectivity index (χ1n) is 7.29. The minimum Gasteiger partial charge on any atom is -0.478 e. The Hall–Kier alpha value is -3.12. The number of aromatic carboxylic acids is 2. The number of nitrogens with zero attached hydrogens (tertiary/aromatic N) is 1. The molecule has 6 nitrogen and oxygen atoms in total. The largest absolute Gasteiger partial charge is 0.478 e. The maximum atomic E-state index is 11.6. The van der Waals surface area contributed by atoms with E-state index in [1.807, 2.05) is 30.3 Å². The third-order valence-electron chi connectivity index (χ3n) is 3.72. The van der Waals surface area contributed by atoms with Crippen molar-refractivity contribution in [1.29, 1.82) is 0 Å². The fraction of sp³-hybridized carbons (Fsp3) is 0.111. The van der Waals surface area contributed by atoms with Crippen LogP contribution >= 0.6 is 0 Å². The molecule has 1 heterocycles. The Bertz CT molecular complexity index is 898. The van der Waals surface area contributed by atoms with Crippen LogP contribution < -0.4 is 0 Å². The number of carboxylic acids is 2. The number of carbonyl (C=O) groups is 2. The summed E-state index contributed by atoms with van der Waals surface area (Å²) in [6.45, 7) is 0.249. The smallest absolute Gasteiger partial charge is 0.353 e. The molecule has 0 radical (unpaired) electrons. The molecule has 0 amide bonds. The summed E-state index contributed by atoms with van der Waals surface area (Å²) in [6.07, 6.45) is 0. The summed E-state index contributed by atoms with van der Waals surface area (Å²) < 4.78 is 6.98. The van der Waals surface area contributed by atoms with Gasteiger partial charge < -0.3 is 19.5 Å². The Labute approximate surface area is 137 Å². The number of benzene rings is 2. The third-order valence-corrected chi connectivity index (χ3v) is 3.72. The van der Waals surface area contributed by atoms with E-state index >= 15 is 0 Å². The van der Waals surface area contributed by atoms with Gasteiger partial charge in [-0.05, 0) is 11.6 Å². The first-order valence-corrected chi connectivity index (χ1v) is 7.29. The number of aromatic nitrogens is 1. The molecule has 0 aliphatic rings. The lowest BCUT2D eigenvalue weighted by Crippen LogP contribution is -2.14. The highest BCUT2D eigenvalue weighted by Gasteiger charge is 2.26. The van der Waals surface area contributed by atoms with Gasteiger partial charge in [-0.2, -0.15) is 0 Å². The van der Waals surface area contributed by atoms with Crippen LogP contribution in [0.3, 0.4) is 0 Å². The predicted octanol–water partition coefficient (Wildman–Crippen LogP) is 3.21. The molecule has 0 bridgehead atoms. The van der Waals surface area contributed by atoms with E-state index in [9.17, 15) is 19.8 Å². The molecule has 0 saturated carbocycles. The number of hydrogen-bond donors (Lipinski definition) is 2. The normalized spacial score (nSPS) is 10.8. The number of rotatable bonds is 6. The molecule has 3 aromatic rings. The maximum Gasteiger partial charge on any atom is 0.353 e. The van der Waals surface area contributed by atoms with Crippen LogP contribution in [-0.4, -0.2) is 26.7 Å². The van der Waals surface area contributed by atoms with Crippen LogP contribution in [0.2, 0.25) is 0 Å². The van der Waals surface area contributed by atoms with Crippen molar-refractivity contribution in [2.45, 2.75) is 13.3 Å². The van der Waals surface area contributed by atoms with Gasteiger partial charge in [-0.1, -0.05) is 48.5 Å². The summed E-state index contributed by atoms with van der Waals surface area (Å²) in [5.41, 5.74) is 0.961. The van der Waals surface area contributed by atoms with Gasteiger partial charge in [0.25, 0.3) is 0 Å². The predicted molar refractivity (Wildman–Crippen MR) is 87.1 cm³/mol. The maximum absolute atomic E-state index is 11.6. The van der Waals surface area contributed by atoms with E-state index in [1.165, 1.54) is 4.57 Å². The van der Waals surface area contributed by atoms with Crippen LogP contribution in [0.4, 0.5) is 0 Å². The molecule has 0 saturated heterocycles. The Morgan fingerprint density at radius 2 is 1.58 bits per heavy atom. The average Bonchev–Trinajstić information content (AvgIpc) is 2.91. The van der Waals surface area contributed by atoms with Crippen molar-refractivity contribution < 1.29 is 24.5 Å². The second-order valence-corrected chi connectivity index (χ2v) is 5.24. The summed E-state index contributed by atoms with van der Waals surface area (Å²) in [5, 5.41) is 19.3. The molecule has 6 heteroatoms. The molecule has 0 aliphatic carbocycles. The molecule has 3 rings (SSSR count). The standard InChI is InChI=1S/C18H15NO5/c20-17(21)15-13-8-4-5-9-14(13)19(16(15)18(22)23)11-24-10-12-6-2-1-3-7-12/h1-9H,10-11H2,(H,20,21)(H,22,23). The summed E-state index contributed by atoms with van der Waals surface area (Å²) in [6, 6.07) is 16.1. The first-order chi connectivity index (χ1) is 11.6. The number of para-hydroxylation sites is 1. The molecule has 0 fully saturated rings. The van der Waals surface area contributed by atoms with Crippen molar-refractivity contribution in [1.82, 2.24) is 4.57 Å². The van der Waals surface area contributed by atoms with Crippen molar-refractivity contribution >= 4 is 22.8 Å². The Morgan fingerprint density at radius 3 is 2.25 bits per heavy atom.